The van der Waals surface area contributed by atoms with E-state index in [1.165, 1.54) is 5.56 Å². The Kier molecular flexibility index (Phi) is 5.46. The van der Waals surface area contributed by atoms with E-state index in [4.69, 9.17) is 11.6 Å². The highest BCUT2D eigenvalue weighted by Crippen LogP contribution is 2.29. The molecule has 0 heterocycles. The van der Waals surface area contributed by atoms with Crippen LogP contribution in [-0.2, 0) is 0 Å². The van der Waals surface area contributed by atoms with Crippen molar-refractivity contribution in [2.75, 3.05) is 6.54 Å². The van der Waals surface area contributed by atoms with E-state index in [-0.39, 0.29) is 6.04 Å². The average Bonchev–Trinajstić information content (AvgIpc) is 2.41. The normalized spacial score (nSPS) is 12.4. The Bertz CT molecular complexity index is 555. The molecule has 0 spiro atoms. The molecule has 4 heteroatoms. The van der Waals surface area contributed by atoms with Gasteiger partial charge in [0.15, 0.2) is 0 Å². The summed E-state index contributed by atoms with van der Waals surface area (Å²) in [6.07, 6.45) is 0. The zero-order chi connectivity index (χ0) is 13.8. The molecule has 0 aliphatic carbocycles. The Hall–Kier alpha value is -0.350. The van der Waals surface area contributed by atoms with Crippen LogP contribution in [0.2, 0.25) is 5.02 Å². The fraction of sp³-hybridized carbons (Fsp3) is 0.200. The summed E-state index contributed by atoms with van der Waals surface area (Å²) in [6.45, 7) is 3.00. The predicted molar refractivity (Wildman–Crippen MR) is 88.8 cm³/mol. The van der Waals surface area contributed by atoms with E-state index in [1.54, 1.807) is 0 Å². The largest absolute Gasteiger partial charge is 0.307 e. The summed E-state index contributed by atoms with van der Waals surface area (Å²) in [5.74, 6) is 0. The van der Waals surface area contributed by atoms with Crippen LogP contribution in [0.4, 0.5) is 0 Å². The summed E-state index contributed by atoms with van der Waals surface area (Å²) in [5.41, 5.74) is 2.39. The van der Waals surface area contributed by atoms with Gasteiger partial charge in [-0.25, -0.2) is 0 Å². The Morgan fingerprint density at radius 1 is 1.05 bits per heavy atom. The third-order valence-corrected chi connectivity index (χ3v) is 4.65. The molecular weight excluding hydrogens is 389 g/mol. The van der Waals surface area contributed by atoms with Crippen LogP contribution in [0.25, 0.3) is 0 Å². The van der Waals surface area contributed by atoms with Gasteiger partial charge in [-0.15, -0.1) is 0 Å². The van der Waals surface area contributed by atoms with Crippen LogP contribution in [0.5, 0.6) is 0 Å². The Morgan fingerprint density at radius 2 is 1.68 bits per heavy atom. The molecule has 0 aromatic heterocycles. The Balaban J connectivity index is 2.38. The summed E-state index contributed by atoms with van der Waals surface area (Å²) in [4.78, 5) is 0. The SMILES string of the molecule is CCNC(c1ccc(Br)cc1)c1ccc(Br)c(Cl)c1. The lowest BCUT2D eigenvalue weighted by Gasteiger charge is -2.19. The molecule has 0 saturated heterocycles. The van der Waals surface area contributed by atoms with Crippen LogP contribution >= 0.6 is 43.5 Å². The van der Waals surface area contributed by atoms with Gasteiger partial charge in [0.2, 0.25) is 0 Å². The third-order valence-electron chi connectivity index (χ3n) is 2.89. The Morgan fingerprint density at radius 3 is 2.26 bits per heavy atom. The molecule has 2 aromatic rings. The number of hydrogen-bond donors (Lipinski definition) is 1. The van der Waals surface area contributed by atoms with E-state index in [2.05, 4.69) is 74.4 Å². The van der Waals surface area contributed by atoms with Gasteiger partial charge in [-0.05, 0) is 57.9 Å². The second-order valence-corrected chi connectivity index (χ2v) is 6.39. The topological polar surface area (TPSA) is 12.0 Å². The molecule has 0 aliphatic heterocycles. The number of nitrogens with one attached hydrogen (secondary N) is 1. The Labute approximate surface area is 135 Å². The maximum absolute atomic E-state index is 6.19. The number of benzene rings is 2. The highest BCUT2D eigenvalue weighted by atomic mass is 79.9. The fourth-order valence-corrected chi connectivity index (χ4v) is 2.68. The molecule has 0 saturated carbocycles. The molecule has 0 bridgehead atoms. The zero-order valence-corrected chi connectivity index (χ0v) is 14.4. The van der Waals surface area contributed by atoms with E-state index in [0.29, 0.717) is 0 Å². The molecule has 0 aliphatic rings. The molecule has 0 amide bonds. The summed E-state index contributed by atoms with van der Waals surface area (Å²) >= 11 is 13.1. The molecule has 0 fully saturated rings. The van der Waals surface area contributed by atoms with Gasteiger partial charge in [0.05, 0.1) is 11.1 Å². The highest BCUT2D eigenvalue weighted by molar-refractivity contribution is 9.10. The van der Waals surface area contributed by atoms with Crippen molar-refractivity contribution >= 4 is 43.5 Å². The van der Waals surface area contributed by atoms with Gasteiger partial charge in [-0.3, -0.25) is 0 Å². The molecular formula is C15H14Br2ClN. The molecule has 1 atom stereocenters. The maximum atomic E-state index is 6.19. The van der Waals surface area contributed by atoms with Gasteiger partial charge in [-0.1, -0.05) is 52.7 Å². The third kappa shape index (κ3) is 3.82. The first kappa shape index (κ1) is 15.0. The van der Waals surface area contributed by atoms with Crippen molar-refractivity contribution in [1.29, 1.82) is 0 Å². The van der Waals surface area contributed by atoms with Crippen molar-refractivity contribution in [2.24, 2.45) is 0 Å². The lowest BCUT2D eigenvalue weighted by molar-refractivity contribution is 0.630. The molecule has 0 radical (unpaired) electrons. The highest BCUT2D eigenvalue weighted by Gasteiger charge is 2.13. The summed E-state index contributed by atoms with van der Waals surface area (Å²) in [7, 11) is 0. The first-order valence-electron chi connectivity index (χ1n) is 6.05. The predicted octanol–water partition coefficient (Wildman–Crippen LogP) is 5.56. The summed E-state index contributed by atoms with van der Waals surface area (Å²) < 4.78 is 2.00. The van der Waals surface area contributed by atoms with Gasteiger partial charge >= 0.3 is 0 Å². The lowest BCUT2D eigenvalue weighted by Crippen LogP contribution is -2.21. The van der Waals surface area contributed by atoms with E-state index in [1.807, 2.05) is 12.1 Å². The number of halogens is 3. The van der Waals surface area contributed by atoms with Crippen molar-refractivity contribution in [3.63, 3.8) is 0 Å². The summed E-state index contributed by atoms with van der Waals surface area (Å²) in [6, 6.07) is 14.6. The van der Waals surface area contributed by atoms with Crippen molar-refractivity contribution in [3.8, 4) is 0 Å². The fourth-order valence-electron chi connectivity index (χ4n) is 1.98. The average molecular weight is 404 g/mol. The summed E-state index contributed by atoms with van der Waals surface area (Å²) in [5, 5.41) is 4.23. The van der Waals surface area contributed by atoms with Crippen molar-refractivity contribution in [3.05, 3.63) is 67.6 Å². The van der Waals surface area contributed by atoms with Gasteiger partial charge in [0, 0.05) is 8.95 Å². The van der Waals surface area contributed by atoms with Gasteiger partial charge in [0.1, 0.15) is 0 Å². The number of hydrogen-bond acceptors (Lipinski definition) is 1. The van der Waals surface area contributed by atoms with Gasteiger partial charge in [0.25, 0.3) is 0 Å². The van der Waals surface area contributed by atoms with Crippen molar-refractivity contribution in [1.82, 2.24) is 5.32 Å². The minimum absolute atomic E-state index is 0.156. The second kappa shape index (κ2) is 6.89. The maximum Gasteiger partial charge on any atom is 0.0577 e. The molecule has 19 heavy (non-hydrogen) atoms. The van der Waals surface area contributed by atoms with Crippen LogP contribution in [0.1, 0.15) is 24.1 Å². The quantitative estimate of drug-likeness (QED) is 0.704. The van der Waals surface area contributed by atoms with Gasteiger partial charge in [-0.2, -0.15) is 0 Å². The van der Waals surface area contributed by atoms with E-state index < -0.39 is 0 Å². The first-order valence-corrected chi connectivity index (χ1v) is 8.02. The molecule has 2 aromatic carbocycles. The number of rotatable bonds is 4. The van der Waals surface area contributed by atoms with E-state index >= 15 is 0 Å². The first-order chi connectivity index (χ1) is 9.11. The monoisotopic (exact) mass is 401 g/mol. The molecule has 1 nitrogen and oxygen atoms in total. The van der Waals surface area contributed by atoms with E-state index in [9.17, 15) is 0 Å². The van der Waals surface area contributed by atoms with E-state index in [0.717, 1.165) is 26.1 Å². The second-order valence-electron chi connectivity index (χ2n) is 4.22. The minimum Gasteiger partial charge on any atom is -0.307 e. The smallest absolute Gasteiger partial charge is 0.0577 e. The molecule has 2 rings (SSSR count). The minimum atomic E-state index is 0.156. The van der Waals surface area contributed by atoms with Crippen molar-refractivity contribution in [2.45, 2.75) is 13.0 Å². The van der Waals surface area contributed by atoms with Gasteiger partial charge < -0.3 is 5.32 Å². The zero-order valence-electron chi connectivity index (χ0n) is 10.5. The molecule has 1 unspecified atom stereocenters. The molecule has 100 valence electrons. The van der Waals surface area contributed by atoms with Crippen LogP contribution < -0.4 is 5.32 Å². The van der Waals surface area contributed by atoms with Crippen LogP contribution in [0, 0.1) is 0 Å². The lowest BCUT2D eigenvalue weighted by atomic mass is 9.99. The van der Waals surface area contributed by atoms with Crippen LogP contribution in [-0.4, -0.2) is 6.54 Å². The van der Waals surface area contributed by atoms with Crippen molar-refractivity contribution < 1.29 is 0 Å². The standard InChI is InChI=1S/C15H14Br2ClN/c1-2-19-15(10-3-6-12(16)7-4-10)11-5-8-13(17)14(18)9-11/h3-9,15,19H,2H2,1H3. The van der Waals surface area contributed by atoms with Crippen LogP contribution in [0.3, 0.4) is 0 Å². The van der Waals surface area contributed by atoms with Crippen LogP contribution in [0.15, 0.2) is 51.4 Å². The molecule has 1 N–H and O–H groups in total.